The smallest absolute Gasteiger partial charge is 0.497 e. The van der Waals surface area contributed by atoms with Crippen LogP contribution in [0.25, 0.3) is 16.6 Å². The van der Waals surface area contributed by atoms with Crippen molar-refractivity contribution in [1.82, 2.24) is 4.57 Å². The zero-order valence-corrected chi connectivity index (χ0v) is 23.0. The summed E-state index contributed by atoms with van der Waals surface area (Å²) in [5, 5.41) is 0.598. The second-order valence-electron chi connectivity index (χ2n) is 9.70. The van der Waals surface area contributed by atoms with Gasteiger partial charge in [-0.05, 0) is 36.4 Å². The van der Waals surface area contributed by atoms with Crippen molar-refractivity contribution in [3.63, 3.8) is 0 Å². The summed E-state index contributed by atoms with van der Waals surface area (Å²) in [6.07, 6.45) is 1.59. The molecule has 1 N–H and O–H groups in total. The molecule has 0 radical (unpaired) electrons. The molecule has 4 aromatic rings. The zero-order chi connectivity index (χ0) is 27.5. The van der Waals surface area contributed by atoms with Gasteiger partial charge in [-0.25, -0.2) is 4.57 Å². The predicted molar refractivity (Wildman–Crippen MR) is 146 cm³/mol. The summed E-state index contributed by atoms with van der Waals surface area (Å²) in [6.45, 7) is 0.580. The summed E-state index contributed by atoms with van der Waals surface area (Å²) < 4.78 is 36.6. The van der Waals surface area contributed by atoms with Crippen molar-refractivity contribution < 1.29 is 37.3 Å². The summed E-state index contributed by atoms with van der Waals surface area (Å²) in [5.41, 5.74) is 2.05. The number of hydrogen-bond acceptors (Lipinski definition) is 6. The molecule has 0 bridgehead atoms. The number of nitrogens with zero attached hydrogens (tertiary/aromatic N) is 2. The Morgan fingerprint density at radius 1 is 0.921 bits per heavy atom. The van der Waals surface area contributed by atoms with Crippen LogP contribution in [0.5, 0.6) is 17.2 Å². The van der Waals surface area contributed by atoms with Crippen molar-refractivity contribution in [2.24, 2.45) is 0 Å². The van der Waals surface area contributed by atoms with Crippen molar-refractivity contribution >= 4 is 24.5 Å². The van der Waals surface area contributed by atoms with E-state index >= 15 is 0 Å². The third kappa shape index (κ3) is 6.09. The van der Waals surface area contributed by atoms with E-state index in [0.717, 1.165) is 0 Å². The lowest BCUT2D eigenvalue weighted by Gasteiger charge is -2.23. The average molecular weight is 540 g/mol. The highest BCUT2D eigenvalue weighted by molar-refractivity contribution is 7.47. The highest BCUT2D eigenvalue weighted by atomic mass is 31.2. The zero-order valence-electron chi connectivity index (χ0n) is 22.1. The fourth-order valence-corrected chi connectivity index (χ4v) is 4.77. The van der Waals surface area contributed by atoms with E-state index in [-0.39, 0.29) is 18.1 Å². The summed E-state index contributed by atoms with van der Waals surface area (Å²) in [6, 6.07) is 19.4. The lowest BCUT2D eigenvalue weighted by Crippen LogP contribution is -2.37. The molecule has 1 atom stereocenters. The highest BCUT2D eigenvalue weighted by Crippen LogP contribution is 2.47. The lowest BCUT2D eigenvalue weighted by atomic mass is 10.0. The Hall–Kier alpha value is -3.62. The summed E-state index contributed by atoms with van der Waals surface area (Å²) in [4.78, 5) is 24.1. The van der Waals surface area contributed by atoms with Crippen LogP contribution >= 0.6 is 7.82 Å². The third-order valence-electron chi connectivity index (χ3n) is 5.97. The van der Waals surface area contributed by atoms with Gasteiger partial charge in [0.05, 0.1) is 58.3 Å². The minimum atomic E-state index is -4.40. The van der Waals surface area contributed by atoms with Crippen LogP contribution in [0.1, 0.15) is 15.9 Å². The summed E-state index contributed by atoms with van der Waals surface area (Å²) in [5.74, 6) is 0.873. The molecule has 0 spiro atoms. The Balaban J connectivity index is 1.74. The van der Waals surface area contributed by atoms with E-state index in [2.05, 4.69) is 0 Å². The van der Waals surface area contributed by atoms with Crippen LogP contribution in [0.15, 0.2) is 72.9 Å². The van der Waals surface area contributed by atoms with Crippen molar-refractivity contribution in [2.75, 3.05) is 48.5 Å². The fraction of sp³-hybridized carbons (Fsp3) is 0.250. The second-order valence-corrected chi connectivity index (χ2v) is 11.1. The molecule has 1 aromatic heterocycles. The molecule has 10 heteroatoms. The van der Waals surface area contributed by atoms with E-state index < -0.39 is 7.82 Å². The number of phosphoric ester groups is 1. The van der Waals surface area contributed by atoms with Crippen LogP contribution in [0, 0.1) is 0 Å². The van der Waals surface area contributed by atoms with Crippen molar-refractivity contribution in [3.05, 3.63) is 84.1 Å². The summed E-state index contributed by atoms with van der Waals surface area (Å²) >= 11 is 0. The number of ketones is 1. The Labute approximate surface area is 221 Å². The number of carbonyl (C=O) groups excluding carboxylic acids is 1. The highest BCUT2D eigenvalue weighted by Gasteiger charge is 2.27. The minimum Gasteiger partial charge on any atom is -0.497 e. The number of benzene rings is 3. The van der Waals surface area contributed by atoms with Gasteiger partial charge < -0.3 is 23.0 Å². The van der Waals surface area contributed by atoms with Gasteiger partial charge in [-0.1, -0.05) is 24.3 Å². The second kappa shape index (κ2) is 11.0. The molecule has 0 amide bonds. The molecule has 4 rings (SSSR count). The standard InChI is InChI=1S/C28H31N2O7P/c1-30(2,3)16-17-36-38(32,33)37-27-19-29(24-12-8-6-10-21(24)27)25-13-9-7-11-22(25)28(31)23-15-14-20(34-4)18-26(23)35-5/h6-15,18-19H,16-17H2,1-5H3/p+1. The Kier molecular flexibility index (Phi) is 7.94. The first-order valence-electron chi connectivity index (χ1n) is 12.0. The van der Waals surface area contributed by atoms with Gasteiger partial charge in [-0.15, -0.1) is 0 Å². The van der Waals surface area contributed by atoms with Gasteiger partial charge >= 0.3 is 7.82 Å². The first kappa shape index (κ1) is 27.4. The molecule has 0 saturated heterocycles. The van der Waals surface area contributed by atoms with Crippen LogP contribution in [0.2, 0.25) is 0 Å². The van der Waals surface area contributed by atoms with Crippen molar-refractivity contribution in [1.29, 1.82) is 0 Å². The summed E-state index contributed by atoms with van der Waals surface area (Å²) in [7, 11) is 4.52. The number of hydrogen-bond donors (Lipinski definition) is 1. The molecular formula is C28H32N2O7P+. The number of quaternary nitrogens is 1. The Morgan fingerprint density at radius 2 is 1.63 bits per heavy atom. The van der Waals surface area contributed by atoms with Crippen LogP contribution in [-0.2, 0) is 9.09 Å². The van der Waals surface area contributed by atoms with Crippen LogP contribution in [0.4, 0.5) is 0 Å². The number of para-hydroxylation sites is 2. The topological polar surface area (TPSA) is 96.2 Å². The predicted octanol–water partition coefficient (Wildman–Crippen LogP) is 5.08. The fourth-order valence-electron chi connectivity index (χ4n) is 4.01. The SMILES string of the molecule is COc1ccc(C(=O)c2ccccc2-n2cc(OP(=O)(O)OCC[N+](C)(C)C)c3ccccc32)c(OC)c1. The Bertz CT molecular complexity index is 1510. The van der Waals surface area contributed by atoms with Gasteiger partial charge in [0.25, 0.3) is 0 Å². The van der Waals surface area contributed by atoms with Crippen molar-refractivity contribution in [2.45, 2.75) is 0 Å². The van der Waals surface area contributed by atoms with E-state index in [1.807, 2.05) is 39.3 Å². The van der Waals surface area contributed by atoms with Gasteiger partial charge in [0.2, 0.25) is 0 Å². The number of methoxy groups -OCH3 is 2. The van der Waals surface area contributed by atoms with Crippen LogP contribution in [-0.4, -0.2) is 68.2 Å². The Morgan fingerprint density at radius 3 is 2.34 bits per heavy atom. The number of rotatable bonds is 11. The van der Waals surface area contributed by atoms with Crippen LogP contribution in [0.3, 0.4) is 0 Å². The number of phosphoric acid groups is 1. The van der Waals surface area contributed by atoms with E-state index in [0.29, 0.717) is 50.2 Å². The molecule has 3 aromatic carbocycles. The first-order chi connectivity index (χ1) is 18.0. The van der Waals surface area contributed by atoms with Gasteiger partial charge in [-0.2, -0.15) is 0 Å². The van der Waals surface area contributed by atoms with E-state index in [1.54, 1.807) is 66.4 Å². The number of aromatic nitrogens is 1. The van der Waals surface area contributed by atoms with Gasteiger partial charge in [0, 0.05) is 17.0 Å². The molecule has 38 heavy (non-hydrogen) atoms. The molecule has 1 unspecified atom stereocenters. The monoisotopic (exact) mass is 539 g/mol. The number of fused-ring (bicyclic) bond motifs is 1. The number of carbonyl (C=O) groups is 1. The van der Waals surface area contributed by atoms with Gasteiger partial charge in [-0.3, -0.25) is 14.2 Å². The number of likely N-dealkylation sites (N-methyl/N-ethyl adjacent to an activating group) is 1. The van der Waals surface area contributed by atoms with Gasteiger partial charge in [0.15, 0.2) is 11.5 Å². The molecule has 200 valence electrons. The maximum atomic E-state index is 13.7. The third-order valence-corrected chi connectivity index (χ3v) is 6.90. The molecule has 9 nitrogen and oxygen atoms in total. The van der Waals surface area contributed by atoms with Crippen LogP contribution < -0.4 is 14.0 Å². The molecule has 0 aliphatic heterocycles. The molecule has 0 saturated carbocycles. The molecule has 1 heterocycles. The molecule has 0 fully saturated rings. The lowest BCUT2D eigenvalue weighted by molar-refractivity contribution is -0.870. The largest absolute Gasteiger partial charge is 0.527 e. The van der Waals surface area contributed by atoms with Gasteiger partial charge in [0.1, 0.15) is 24.7 Å². The van der Waals surface area contributed by atoms with E-state index in [9.17, 15) is 14.3 Å². The maximum Gasteiger partial charge on any atom is 0.527 e. The van der Waals surface area contributed by atoms with E-state index in [4.69, 9.17) is 18.5 Å². The number of ether oxygens (including phenoxy) is 2. The maximum absolute atomic E-state index is 13.7. The minimum absolute atomic E-state index is 0.0525. The molecule has 0 aliphatic carbocycles. The van der Waals surface area contributed by atoms with E-state index in [1.165, 1.54) is 7.11 Å². The molecule has 0 aliphatic rings. The molecular weight excluding hydrogens is 507 g/mol. The normalized spacial score (nSPS) is 13.2. The van der Waals surface area contributed by atoms with Crippen molar-refractivity contribution in [3.8, 4) is 22.9 Å². The first-order valence-corrected chi connectivity index (χ1v) is 13.5. The average Bonchev–Trinajstić information content (AvgIpc) is 3.24. The quantitative estimate of drug-likeness (QED) is 0.161.